The van der Waals surface area contributed by atoms with Crippen molar-refractivity contribution in [2.75, 3.05) is 0 Å². The molecule has 4 nitrogen and oxygen atoms in total. The van der Waals surface area contributed by atoms with E-state index in [1.807, 2.05) is 61.7 Å². The highest BCUT2D eigenvalue weighted by Crippen LogP contribution is 2.12. The van der Waals surface area contributed by atoms with Crippen LogP contribution >= 0.6 is 15.9 Å². The van der Waals surface area contributed by atoms with Crippen molar-refractivity contribution in [3.8, 4) is 5.69 Å². The summed E-state index contributed by atoms with van der Waals surface area (Å²) in [5.41, 5.74) is 3.71. The Morgan fingerprint density at radius 1 is 1.22 bits per heavy atom. The van der Waals surface area contributed by atoms with Crippen molar-refractivity contribution in [1.82, 2.24) is 15.1 Å². The molecule has 1 heterocycles. The first-order valence-electron chi connectivity index (χ1n) is 7.26. The van der Waals surface area contributed by atoms with Gasteiger partial charge in [0.1, 0.15) is 0 Å². The summed E-state index contributed by atoms with van der Waals surface area (Å²) in [7, 11) is 0. The molecule has 0 atom stereocenters. The van der Waals surface area contributed by atoms with E-state index >= 15 is 0 Å². The fourth-order valence-electron chi connectivity index (χ4n) is 2.25. The van der Waals surface area contributed by atoms with Crippen molar-refractivity contribution in [3.63, 3.8) is 0 Å². The second kappa shape index (κ2) is 6.79. The van der Waals surface area contributed by atoms with Gasteiger partial charge in [-0.25, -0.2) is 4.68 Å². The molecule has 0 bridgehead atoms. The van der Waals surface area contributed by atoms with E-state index in [0.29, 0.717) is 12.1 Å². The number of carbonyl (C=O) groups excluding carboxylic acids is 1. The molecular weight excluding hydrogens is 354 g/mol. The van der Waals surface area contributed by atoms with Crippen LogP contribution in [0.2, 0.25) is 0 Å². The maximum Gasteiger partial charge on any atom is 0.251 e. The van der Waals surface area contributed by atoms with E-state index in [1.54, 1.807) is 10.9 Å². The minimum Gasteiger partial charge on any atom is -0.348 e. The molecule has 0 saturated carbocycles. The van der Waals surface area contributed by atoms with E-state index in [-0.39, 0.29) is 5.91 Å². The summed E-state index contributed by atoms with van der Waals surface area (Å²) >= 11 is 3.42. The first-order valence-corrected chi connectivity index (χ1v) is 8.05. The fourth-order valence-corrected chi connectivity index (χ4v) is 2.70. The molecule has 0 fully saturated rings. The molecule has 0 aliphatic heterocycles. The lowest BCUT2D eigenvalue weighted by molar-refractivity contribution is 0.0951. The third-order valence-electron chi connectivity index (χ3n) is 3.45. The van der Waals surface area contributed by atoms with Crippen LogP contribution in [0.25, 0.3) is 5.69 Å². The summed E-state index contributed by atoms with van der Waals surface area (Å²) in [6.45, 7) is 2.49. The van der Waals surface area contributed by atoms with Gasteiger partial charge < -0.3 is 5.32 Å². The van der Waals surface area contributed by atoms with Crippen molar-refractivity contribution >= 4 is 21.8 Å². The Balaban J connectivity index is 1.66. The number of benzene rings is 2. The van der Waals surface area contributed by atoms with Gasteiger partial charge in [-0.05, 0) is 54.4 Å². The number of aryl methyl sites for hydroxylation is 1. The van der Waals surface area contributed by atoms with E-state index in [1.165, 1.54) is 0 Å². The van der Waals surface area contributed by atoms with E-state index in [2.05, 4.69) is 26.3 Å². The number of carbonyl (C=O) groups is 1. The topological polar surface area (TPSA) is 46.9 Å². The predicted octanol–water partition coefficient (Wildman–Crippen LogP) is 3.87. The average Bonchev–Trinajstić information content (AvgIpc) is 2.99. The minimum atomic E-state index is -0.0897. The molecule has 1 N–H and O–H groups in total. The largest absolute Gasteiger partial charge is 0.348 e. The maximum absolute atomic E-state index is 12.2. The van der Waals surface area contributed by atoms with E-state index in [4.69, 9.17) is 0 Å². The molecule has 0 aliphatic carbocycles. The fraction of sp³-hybridized carbons (Fsp3) is 0.111. The quantitative estimate of drug-likeness (QED) is 0.758. The van der Waals surface area contributed by atoms with E-state index in [0.717, 1.165) is 21.3 Å². The van der Waals surface area contributed by atoms with Gasteiger partial charge in [0.05, 0.1) is 11.9 Å². The molecule has 116 valence electrons. The molecule has 2 aromatic carbocycles. The number of nitrogens with one attached hydrogen (secondary N) is 1. The van der Waals surface area contributed by atoms with Crippen LogP contribution in [-0.4, -0.2) is 15.7 Å². The third-order valence-corrected chi connectivity index (χ3v) is 3.94. The SMILES string of the molecule is Cc1cnn(-c2ccc(C(=O)NCc3cccc(Br)c3)cc2)c1. The van der Waals surface area contributed by atoms with Crippen molar-refractivity contribution in [2.24, 2.45) is 0 Å². The molecule has 0 spiro atoms. The lowest BCUT2D eigenvalue weighted by atomic mass is 10.2. The number of halogens is 1. The van der Waals surface area contributed by atoms with Crippen molar-refractivity contribution in [3.05, 3.63) is 82.1 Å². The summed E-state index contributed by atoms with van der Waals surface area (Å²) in [5, 5.41) is 7.18. The van der Waals surface area contributed by atoms with Gasteiger partial charge in [-0.15, -0.1) is 0 Å². The van der Waals surface area contributed by atoms with Crippen molar-refractivity contribution in [1.29, 1.82) is 0 Å². The molecular formula is C18H16BrN3O. The number of amides is 1. The van der Waals surface area contributed by atoms with Crippen molar-refractivity contribution < 1.29 is 4.79 Å². The van der Waals surface area contributed by atoms with Crippen LogP contribution in [0.4, 0.5) is 0 Å². The van der Waals surface area contributed by atoms with Crippen LogP contribution in [-0.2, 0) is 6.54 Å². The second-order valence-electron chi connectivity index (χ2n) is 5.32. The van der Waals surface area contributed by atoms with Crippen LogP contribution in [0.3, 0.4) is 0 Å². The van der Waals surface area contributed by atoms with Gasteiger partial charge in [-0.2, -0.15) is 5.10 Å². The van der Waals surface area contributed by atoms with E-state index < -0.39 is 0 Å². The van der Waals surface area contributed by atoms with Gasteiger partial charge in [0.15, 0.2) is 0 Å². The highest BCUT2D eigenvalue weighted by Gasteiger charge is 2.06. The van der Waals surface area contributed by atoms with Gasteiger partial charge >= 0.3 is 0 Å². The summed E-state index contributed by atoms with van der Waals surface area (Å²) in [6.07, 6.45) is 3.75. The van der Waals surface area contributed by atoms with E-state index in [9.17, 15) is 4.79 Å². The van der Waals surface area contributed by atoms with Gasteiger partial charge in [-0.1, -0.05) is 28.1 Å². The lowest BCUT2D eigenvalue weighted by Gasteiger charge is -2.07. The van der Waals surface area contributed by atoms with Gasteiger partial charge in [0, 0.05) is 22.8 Å². The Morgan fingerprint density at radius 2 is 2.00 bits per heavy atom. The molecule has 5 heteroatoms. The van der Waals surface area contributed by atoms with Gasteiger partial charge in [0.2, 0.25) is 0 Å². The highest BCUT2D eigenvalue weighted by molar-refractivity contribution is 9.10. The molecule has 1 amide bonds. The van der Waals surface area contributed by atoms with Crippen LogP contribution in [0, 0.1) is 6.92 Å². The Hall–Kier alpha value is -2.40. The third kappa shape index (κ3) is 3.87. The standard InChI is InChI=1S/C18H16BrN3O/c1-13-10-21-22(12-13)17-7-5-15(6-8-17)18(23)20-11-14-3-2-4-16(19)9-14/h2-10,12H,11H2,1H3,(H,20,23). The second-order valence-corrected chi connectivity index (χ2v) is 6.24. The first-order chi connectivity index (χ1) is 11.1. The Kier molecular flexibility index (Phi) is 4.57. The average molecular weight is 370 g/mol. The predicted molar refractivity (Wildman–Crippen MR) is 93.6 cm³/mol. The zero-order valence-corrected chi connectivity index (χ0v) is 14.2. The minimum absolute atomic E-state index is 0.0897. The molecule has 0 aliphatic rings. The molecule has 0 unspecified atom stereocenters. The lowest BCUT2D eigenvalue weighted by Crippen LogP contribution is -2.22. The smallest absolute Gasteiger partial charge is 0.251 e. The first kappa shape index (κ1) is 15.5. The van der Waals surface area contributed by atoms with Gasteiger partial charge in [0.25, 0.3) is 5.91 Å². The molecule has 3 aromatic rings. The Bertz CT molecular complexity index is 824. The van der Waals surface area contributed by atoms with Gasteiger partial charge in [-0.3, -0.25) is 4.79 Å². The van der Waals surface area contributed by atoms with Crippen LogP contribution < -0.4 is 5.32 Å². The summed E-state index contributed by atoms with van der Waals surface area (Å²) in [5.74, 6) is -0.0897. The Labute approximate surface area is 143 Å². The maximum atomic E-state index is 12.2. The Morgan fingerprint density at radius 3 is 2.65 bits per heavy atom. The normalized spacial score (nSPS) is 10.5. The number of rotatable bonds is 4. The molecule has 1 aromatic heterocycles. The highest BCUT2D eigenvalue weighted by atomic mass is 79.9. The van der Waals surface area contributed by atoms with Crippen molar-refractivity contribution in [2.45, 2.75) is 13.5 Å². The number of nitrogens with zero attached hydrogens (tertiary/aromatic N) is 2. The zero-order valence-electron chi connectivity index (χ0n) is 12.7. The van der Waals surface area contributed by atoms with Crippen LogP contribution in [0.5, 0.6) is 0 Å². The molecule has 0 saturated heterocycles. The van der Waals surface area contributed by atoms with Crippen LogP contribution in [0.15, 0.2) is 65.4 Å². The molecule has 3 rings (SSSR count). The summed E-state index contributed by atoms with van der Waals surface area (Å²) in [4.78, 5) is 12.2. The molecule has 23 heavy (non-hydrogen) atoms. The number of hydrogen-bond donors (Lipinski definition) is 1. The van der Waals surface area contributed by atoms with Crippen LogP contribution in [0.1, 0.15) is 21.5 Å². The monoisotopic (exact) mass is 369 g/mol. The number of hydrogen-bond acceptors (Lipinski definition) is 2. The number of aromatic nitrogens is 2. The summed E-state index contributed by atoms with van der Waals surface area (Å²) in [6, 6.07) is 15.3. The summed E-state index contributed by atoms with van der Waals surface area (Å²) < 4.78 is 2.79. The zero-order chi connectivity index (χ0) is 16.2. The molecule has 0 radical (unpaired) electrons.